The van der Waals surface area contributed by atoms with Gasteiger partial charge in [-0.2, -0.15) is 0 Å². The number of nitrogens with two attached hydrogens (primary N) is 2. The van der Waals surface area contributed by atoms with Gasteiger partial charge in [0, 0.05) is 19.0 Å². The van der Waals surface area contributed by atoms with Crippen LogP contribution in [0, 0.1) is 0 Å². The van der Waals surface area contributed by atoms with Crippen molar-refractivity contribution in [3.05, 3.63) is 6.07 Å². The molecular formula is C11H15N5O2S. The topological polar surface area (TPSA) is 115 Å². The number of rotatable bonds is 4. The fraction of sp³-hybridized carbons (Fsp3) is 0.455. The molecule has 1 atom stereocenters. The van der Waals surface area contributed by atoms with Crippen LogP contribution < -0.4 is 11.5 Å². The van der Waals surface area contributed by atoms with E-state index in [4.69, 9.17) is 11.5 Å². The van der Waals surface area contributed by atoms with Crippen molar-refractivity contribution in [2.45, 2.75) is 30.2 Å². The van der Waals surface area contributed by atoms with E-state index in [1.807, 2.05) is 6.92 Å². The first kappa shape index (κ1) is 13.6. The normalized spacial score (nSPS) is 19.2. The first-order valence-electron chi connectivity index (χ1n) is 5.92. The van der Waals surface area contributed by atoms with Crippen molar-refractivity contribution < 1.29 is 9.59 Å². The number of aromatic nitrogens is 2. The van der Waals surface area contributed by atoms with Gasteiger partial charge in [-0.25, -0.2) is 9.97 Å². The lowest BCUT2D eigenvalue weighted by Gasteiger charge is -2.12. The van der Waals surface area contributed by atoms with Gasteiger partial charge in [0.1, 0.15) is 16.9 Å². The van der Waals surface area contributed by atoms with Crippen LogP contribution in [-0.2, 0) is 9.59 Å². The second-order valence-electron chi connectivity index (χ2n) is 4.19. The third-order valence-corrected chi connectivity index (χ3v) is 3.69. The number of anilines is 2. The highest BCUT2D eigenvalue weighted by Crippen LogP contribution is 2.30. The molecule has 1 aliphatic rings. The summed E-state index contributed by atoms with van der Waals surface area (Å²) >= 11 is 1.13. The molecule has 8 heteroatoms. The summed E-state index contributed by atoms with van der Waals surface area (Å²) in [6.45, 7) is 2.37. The molecule has 1 aromatic heterocycles. The summed E-state index contributed by atoms with van der Waals surface area (Å²) < 4.78 is 0. The summed E-state index contributed by atoms with van der Waals surface area (Å²) in [5.74, 6) is 0.150. The van der Waals surface area contributed by atoms with E-state index in [9.17, 15) is 9.59 Å². The summed E-state index contributed by atoms with van der Waals surface area (Å²) in [6.07, 6.45) is 0.915. The van der Waals surface area contributed by atoms with E-state index in [0.29, 0.717) is 11.7 Å². The minimum atomic E-state index is -0.486. The summed E-state index contributed by atoms with van der Waals surface area (Å²) in [5, 5.41) is -0.165. The number of imide groups is 1. The first-order valence-corrected chi connectivity index (χ1v) is 6.80. The van der Waals surface area contributed by atoms with Gasteiger partial charge in [-0.1, -0.05) is 18.7 Å². The van der Waals surface area contributed by atoms with Gasteiger partial charge in [0.05, 0.1) is 0 Å². The summed E-state index contributed by atoms with van der Waals surface area (Å²) in [6, 6.07) is 1.44. The van der Waals surface area contributed by atoms with E-state index in [1.165, 1.54) is 11.0 Å². The molecule has 0 radical (unpaired) electrons. The third-order valence-electron chi connectivity index (χ3n) is 2.64. The van der Waals surface area contributed by atoms with Crippen LogP contribution in [0.15, 0.2) is 11.2 Å². The van der Waals surface area contributed by atoms with Gasteiger partial charge >= 0.3 is 0 Å². The summed E-state index contributed by atoms with van der Waals surface area (Å²) in [4.78, 5) is 33.0. The zero-order valence-electron chi connectivity index (χ0n) is 10.5. The Morgan fingerprint density at radius 2 is 2.00 bits per heavy atom. The molecule has 7 nitrogen and oxygen atoms in total. The second-order valence-corrected chi connectivity index (χ2v) is 5.36. The Bertz CT molecular complexity index is 502. The molecule has 1 unspecified atom stereocenters. The van der Waals surface area contributed by atoms with Gasteiger partial charge in [-0.3, -0.25) is 14.5 Å². The molecule has 1 aliphatic heterocycles. The molecule has 102 valence electrons. The van der Waals surface area contributed by atoms with Gasteiger partial charge in [0.25, 0.3) is 0 Å². The lowest BCUT2D eigenvalue weighted by molar-refractivity contribution is -0.138. The molecule has 1 saturated heterocycles. The highest BCUT2D eigenvalue weighted by atomic mass is 32.2. The fourth-order valence-corrected chi connectivity index (χ4v) is 2.87. The van der Waals surface area contributed by atoms with Crippen molar-refractivity contribution in [2.75, 3.05) is 18.0 Å². The zero-order chi connectivity index (χ0) is 14.0. The molecule has 1 aromatic rings. The highest BCUT2D eigenvalue weighted by Gasteiger charge is 2.39. The monoisotopic (exact) mass is 281 g/mol. The first-order chi connectivity index (χ1) is 9.01. The molecule has 0 aliphatic carbocycles. The predicted molar refractivity (Wildman–Crippen MR) is 72.1 cm³/mol. The SMILES string of the molecule is CCCN1C(=O)CC(Sc2nc(N)cc(N)n2)C1=O. The average Bonchev–Trinajstić information content (AvgIpc) is 2.56. The van der Waals surface area contributed by atoms with Crippen LogP contribution in [0.1, 0.15) is 19.8 Å². The molecule has 0 bridgehead atoms. The van der Waals surface area contributed by atoms with Crippen LogP contribution in [0.5, 0.6) is 0 Å². The van der Waals surface area contributed by atoms with E-state index in [2.05, 4.69) is 9.97 Å². The van der Waals surface area contributed by atoms with Gasteiger partial charge in [-0.05, 0) is 6.42 Å². The minimum absolute atomic E-state index is 0.152. The molecule has 0 spiro atoms. The van der Waals surface area contributed by atoms with Crippen LogP contribution >= 0.6 is 11.8 Å². The summed E-state index contributed by atoms with van der Waals surface area (Å²) in [7, 11) is 0. The number of thioether (sulfide) groups is 1. The largest absolute Gasteiger partial charge is 0.383 e. The Morgan fingerprint density at radius 1 is 1.37 bits per heavy atom. The highest BCUT2D eigenvalue weighted by molar-refractivity contribution is 8.00. The van der Waals surface area contributed by atoms with Crippen LogP contribution in [0.25, 0.3) is 0 Å². The van der Waals surface area contributed by atoms with E-state index in [0.717, 1.165) is 18.2 Å². The van der Waals surface area contributed by atoms with Crippen LogP contribution in [0.2, 0.25) is 0 Å². The quantitative estimate of drug-likeness (QED) is 0.601. The lowest BCUT2D eigenvalue weighted by Crippen LogP contribution is -2.31. The number of nitrogen functional groups attached to an aromatic ring is 2. The van der Waals surface area contributed by atoms with Crippen molar-refractivity contribution in [2.24, 2.45) is 0 Å². The smallest absolute Gasteiger partial charge is 0.243 e. The number of hydrogen-bond acceptors (Lipinski definition) is 7. The van der Waals surface area contributed by atoms with Crippen molar-refractivity contribution in [3.63, 3.8) is 0 Å². The fourth-order valence-electron chi connectivity index (χ4n) is 1.85. The second kappa shape index (κ2) is 5.43. The third kappa shape index (κ3) is 2.95. The van der Waals surface area contributed by atoms with Crippen molar-refractivity contribution >= 4 is 35.2 Å². The molecule has 2 amide bonds. The lowest BCUT2D eigenvalue weighted by atomic mass is 10.4. The number of hydrogen-bond donors (Lipinski definition) is 2. The number of carbonyl (C=O) groups excluding carboxylic acids is 2. The Hall–Kier alpha value is -1.83. The standard InChI is InChI=1S/C11H15N5O2S/c1-2-3-16-9(17)4-6(10(16)18)19-11-14-7(12)5-8(13)15-11/h5-6H,2-4H2,1H3,(H4,12,13,14,15). The zero-order valence-corrected chi connectivity index (χ0v) is 11.3. The summed E-state index contributed by atoms with van der Waals surface area (Å²) in [5.41, 5.74) is 11.1. The van der Waals surface area contributed by atoms with Crippen LogP contribution in [0.4, 0.5) is 11.6 Å². The Labute approximate surface area is 114 Å². The number of carbonyl (C=O) groups is 2. The van der Waals surface area contributed by atoms with Crippen molar-refractivity contribution in [3.8, 4) is 0 Å². The van der Waals surface area contributed by atoms with E-state index in [-0.39, 0.29) is 29.9 Å². The Kier molecular flexibility index (Phi) is 3.89. The minimum Gasteiger partial charge on any atom is -0.383 e. The Morgan fingerprint density at radius 3 is 2.58 bits per heavy atom. The van der Waals surface area contributed by atoms with Gasteiger partial charge in [0.2, 0.25) is 11.8 Å². The molecule has 2 heterocycles. The van der Waals surface area contributed by atoms with E-state index in [1.54, 1.807) is 0 Å². The number of nitrogens with zero attached hydrogens (tertiary/aromatic N) is 3. The molecular weight excluding hydrogens is 266 g/mol. The molecule has 19 heavy (non-hydrogen) atoms. The maximum Gasteiger partial charge on any atom is 0.243 e. The maximum atomic E-state index is 12.0. The molecule has 4 N–H and O–H groups in total. The molecule has 0 aromatic carbocycles. The molecule has 0 saturated carbocycles. The van der Waals surface area contributed by atoms with E-state index < -0.39 is 5.25 Å². The van der Waals surface area contributed by atoms with Crippen LogP contribution in [-0.4, -0.2) is 38.5 Å². The van der Waals surface area contributed by atoms with Gasteiger partial charge in [-0.15, -0.1) is 0 Å². The average molecular weight is 281 g/mol. The maximum absolute atomic E-state index is 12.0. The molecule has 2 rings (SSSR count). The van der Waals surface area contributed by atoms with Gasteiger partial charge in [0.15, 0.2) is 5.16 Å². The Balaban J connectivity index is 2.12. The number of likely N-dealkylation sites (tertiary alicyclic amines) is 1. The van der Waals surface area contributed by atoms with Crippen LogP contribution in [0.3, 0.4) is 0 Å². The molecule has 1 fully saturated rings. The van der Waals surface area contributed by atoms with E-state index >= 15 is 0 Å². The van der Waals surface area contributed by atoms with Crippen molar-refractivity contribution in [1.29, 1.82) is 0 Å². The van der Waals surface area contributed by atoms with Gasteiger partial charge < -0.3 is 11.5 Å². The predicted octanol–water partition coefficient (Wildman–Crippen LogP) is 0.271. The number of amides is 2. The van der Waals surface area contributed by atoms with Crippen molar-refractivity contribution in [1.82, 2.24) is 14.9 Å².